The van der Waals surface area contributed by atoms with E-state index in [1.54, 1.807) is 0 Å². The number of hydrogen-bond acceptors (Lipinski definition) is 3. The molecule has 0 aliphatic heterocycles. The first-order valence-electron chi connectivity index (χ1n) is 20.7. The van der Waals surface area contributed by atoms with Gasteiger partial charge in [0.05, 0.1) is 33.3 Å². The van der Waals surface area contributed by atoms with E-state index in [0.29, 0.717) is 5.82 Å². The first kappa shape index (κ1) is 33.7. The molecule has 0 amide bonds. The maximum absolute atomic E-state index is 6.54. The molecule has 4 aromatic heterocycles. The molecule has 0 saturated carbocycles. The highest BCUT2D eigenvalue weighted by Crippen LogP contribution is 2.44. The lowest BCUT2D eigenvalue weighted by Crippen LogP contribution is -1.99. The quantitative estimate of drug-likeness (QED) is 0.175. The SMILES string of the molecule is c1ccc(-c2cccc(-n3c4cc5oc6ccccc6c5cc4c4ccc5c6ccccc6n(-c6ccc(-c7nc(-c8ccccc8)c8ccccc8n7)cc6)c5c43)c2)cc1. The molecule has 13 rings (SSSR count). The van der Waals surface area contributed by atoms with Crippen LogP contribution in [0.15, 0.2) is 211 Å². The minimum Gasteiger partial charge on any atom is -0.456 e. The fraction of sp³-hybridized carbons (Fsp3) is 0. The van der Waals surface area contributed by atoms with Crippen LogP contribution >= 0.6 is 0 Å². The lowest BCUT2D eigenvalue weighted by atomic mass is 10.1. The van der Waals surface area contributed by atoms with E-state index in [0.717, 1.165) is 88.7 Å². The summed E-state index contributed by atoms with van der Waals surface area (Å²) in [5.74, 6) is 0.698. The Balaban J connectivity index is 1.09. The summed E-state index contributed by atoms with van der Waals surface area (Å²) >= 11 is 0. The Morgan fingerprint density at radius 2 is 0.967 bits per heavy atom. The predicted octanol–water partition coefficient (Wildman–Crippen LogP) is 14.7. The van der Waals surface area contributed by atoms with Crippen LogP contribution in [0, 0.1) is 0 Å². The molecule has 0 bridgehead atoms. The van der Waals surface area contributed by atoms with Gasteiger partial charge in [0.1, 0.15) is 11.2 Å². The van der Waals surface area contributed by atoms with Gasteiger partial charge in [-0.15, -0.1) is 0 Å². The number of para-hydroxylation sites is 3. The molecule has 0 saturated heterocycles. The lowest BCUT2D eigenvalue weighted by molar-refractivity contribution is 0.669. The maximum atomic E-state index is 6.54. The van der Waals surface area contributed by atoms with Crippen molar-refractivity contribution in [3.8, 4) is 45.1 Å². The van der Waals surface area contributed by atoms with Crippen molar-refractivity contribution in [1.82, 2.24) is 19.1 Å². The molecular weight excluding hydrogens is 745 g/mol. The minimum atomic E-state index is 0.698. The first-order chi connectivity index (χ1) is 30.2. The highest BCUT2D eigenvalue weighted by atomic mass is 16.3. The fourth-order valence-electron chi connectivity index (χ4n) is 9.54. The zero-order chi connectivity index (χ0) is 40.0. The molecule has 13 aromatic rings. The second kappa shape index (κ2) is 13.1. The summed E-state index contributed by atoms with van der Waals surface area (Å²) in [6, 6.07) is 73.2. The normalized spacial score (nSPS) is 11.9. The molecule has 4 heterocycles. The highest BCUT2D eigenvalue weighted by molar-refractivity contribution is 6.26. The number of aromatic nitrogens is 4. The molecule has 5 nitrogen and oxygen atoms in total. The second-order valence-corrected chi connectivity index (χ2v) is 15.8. The molecule has 9 aromatic carbocycles. The first-order valence-corrected chi connectivity index (χ1v) is 20.7. The number of benzene rings is 9. The largest absolute Gasteiger partial charge is 0.456 e. The van der Waals surface area contributed by atoms with Crippen molar-refractivity contribution in [3.05, 3.63) is 206 Å². The van der Waals surface area contributed by atoms with E-state index in [2.05, 4.69) is 191 Å². The standard InChI is InChI=1S/C56H34N4O/c1-3-14-35(15-4-1)38-18-13-19-40(32-38)60-50-34-52-47(42-21-9-12-25-51(42)61-52)33-46(50)44-31-30-43-41-20-8-11-24-49(41)59(54(43)55(44)60)39-28-26-37(27-29-39)56-57-48-23-10-7-22-45(48)53(58-56)36-16-5-2-6-17-36/h1-34H. The van der Waals surface area contributed by atoms with Crippen LogP contribution in [0.4, 0.5) is 0 Å². The summed E-state index contributed by atoms with van der Waals surface area (Å²) in [6.07, 6.45) is 0. The van der Waals surface area contributed by atoms with Gasteiger partial charge in [-0.2, -0.15) is 0 Å². The predicted molar refractivity (Wildman–Crippen MR) is 252 cm³/mol. The van der Waals surface area contributed by atoms with Gasteiger partial charge >= 0.3 is 0 Å². The Morgan fingerprint density at radius 1 is 0.328 bits per heavy atom. The molecule has 0 atom stereocenters. The molecule has 0 spiro atoms. The maximum Gasteiger partial charge on any atom is 0.160 e. The number of hydrogen-bond donors (Lipinski definition) is 0. The van der Waals surface area contributed by atoms with Crippen molar-refractivity contribution in [2.45, 2.75) is 0 Å². The summed E-state index contributed by atoms with van der Waals surface area (Å²) in [5, 5.41) is 8.01. The van der Waals surface area contributed by atoms with Crippen molar-refractivity contribution in [2.75, 3.05) is 0 Å². The molecule has 61 heavy (non-hydrogen) atoms. The van der Waals surface area contributed by atoms with Crippen LogP contribution in [0.25, 0.3) is 122 Å². The third kappa shape index (κ3) is 5.14. The minimum absolute atomic E-state index is 0.698. The van der Waals surface area contributed by atoms with Gasteiger partial charge in [0, 0.05) is 66.3 Å². The van der Waals surface area contributed by atoms with E-state index < -0.39 is 0 Å². The van der Waals surface area contributed by atoms with E-state index in [-0.39, 0.29) is 0 Å². The van der Waals surface area contributed by atoms with Gasteiger partial charge in [-0.05, 0) is 71.8 Å². The van der Waals surface area contributed by atoms with Crippen LogP contribution in [-0.2, 0) is 0 Å². The van der Waals surface area contributed by atoms with E-state index in [1.807, 2.05) is 24.3 Å². The van der Waals surface area contributed by atoms with Crippen LogP contribution in [0.1, 0.15) is 0 Å². The molecule has 0 radical (unpaired) electrons. The Morgan fingerprint density at radius 3 is 1.77 bits per heavy atom. The molecule has 284 valence electrons. The Hall–Kier alpha value is -8.28. The van der Waals surface area contributed by atoms with Crippen molar-refractivity contribution in [2.24, 2.45) is 0 Å². The Bertz CT molecular complexity index is 3860. The fourth-order valence-corrected chi connectivity index (χ4v) is 9.54. The van der Waals surface area contributed by atoms with Gasteiger partial charge in [-0.25, -0.2) is 9.97 Å². The van der Waals surface area contributed by atoms with E-state index in [1.165, 1.54) is 27.1 Å². The van der Waals surface area contributed by atoms with Gasteiger partial charge in [0.2, 0.25) is 0 Å². The van der Waals surface area contributed by atoms with E-state index >= 15 is 0 Å². The van der Waals surface area contributed by atoms with Gasteiger partial charge in [-0.3, -0.25) is 0 Å². The average Bonchev–Trinajstić information content (AvgIpc) is 3.98. The van der Waals surface area contributed by atoms with Crippen LogP contribution in [0.2, 0.25) is 0 Å². The third-order valence-electron chi connectivity index (χ3n) is 12.3. The number of furan rings is 1. The number of nitrogens with zero attached hydrogens (tertiary/aromatic N) is 4. The van der Waals surface area contributed by atoms with Crippen molar-refractivity contribution < 1.29 is 4.42 Å². The number of rotatable bonds is 5. The third-order valence-corrected chi connectivity index (χ3v) is 12.3. The van der Waals surface area contributed by atoms with Gasteiger partial charge in [-0.1, -0.05) is 140 Å². The molecule has 0 fully saturated rings. The summed E-state index contributed by atoms with van der Waals surface area (Å²) in [7, 11) is 0. The van der Waals surface area contributed by atoms with E-state index in [4.69, 9.17) is 14.4 Å². The zero-order valence-electron chi connectivity index (χ0n) is 32.8. The lowest BCUT2D eigenvalue weighted by Gasteiger charge is -2.14. The summed E-state index contributed by atoms with van der Waals surface area (Å²) < 4.78 is 11.4. The van der Waals surface area contributed by atoms with Gasteiger partial charge in [0.15, 0.2) is 5.82 Å². The summed E-state index contributed by atoms with van der Waals surface area (Å²) in [6.45, 7) is 0. The zero-order valence-corrected chi connectivity index (χ0v) is 32.8. The number of fused-ring (bicyclic) bond motifs is 11. The van der Waals surface area contributed by atoms with E-state index in [9.17, 15) is 0 Å². The highest BCUT2D eigenvalue weighted by Gasteiger charge is 2.23. The Labute approximate surface area is 350 Å². The van der Waals surface area contributed by atoms with Gasteiger partial charge < -0.3 is 13.6 Å². The molecular formula is C56H34N4O. The van der Waals surface area contributed by atoms with Crippen LogP contribution in [-0.4, -0.2) is 19.1 Å². The van der Waals surface area contributed by atoms with Crippen LogP contribution in [0.5, 0.6) is 0 Å². The summed E-state index contributed by atoms with van der Waals surface area (Å²) in [4.78, 5) is 10.3. The van der Waals surface area contributed by atoms with Gasteiger partial charge in [0.25, 0.3) is 0 Å². The summed E-state index contributed by atoms with van der Waals surface area (Å²) in [5.41, 5.74) is 14.6. The molecule has 0 aliphatic carbocycles. The average molecular weight is 779 g/mol. The molecule has 0 N–H and O–H groups in total. The van der Waals surface area contributed by atoms with Crippen molar-refractivity contribution in [3.63, 3.8) is 0 Å². The van der Waals surface area contributed by atoms with Crippen molar-refractivity contribution >= 4 is 76.5 Å². The Kier molecular flexibility index (Phi) is 7.24. The van der Waals surface area contributed by atoms with Crippen LogP contribution in [0.3, 0.4) is 0 Å². The van der Waals surface area contributed by atoms with Crippen LogP contribution < -0.4 is 0 Å². The monoisotopic (exact) mass is 778 g/mol. The topological polar surface area (TPSA) is 48.8 Å². The smallest absolute Gasteiger partial charge is 0.160 e. The molecule has 0 aliphatic rings. The van der Waals surface area contributed by atoms with Crippen molar-refractivity contribution in [1.29, 1.82) is 0 Å². The molecule has 0 unspecified atom stereocenters. The molecule has 5 heteroatoms. The second-order valence-electron chi connectivity index (χ2n) is 15.8.